The first-order valence-corrected chi connectivity index (χ1v) is 6.47. The highest BCUT2D eigenvalue weighted by atomic mass is 19.2. The minimum absolute atomic E-state index is 0.173. The largest absolute Gasteiger partial charge is 0.486 e. The Labute approximate surface area is 127 Å². The predicted molar refractivity (Wildman–Crippen MR) is 72.3 cm³/mol. The number of benzene rings is 2. The molecule has 0 bridgehead atoms. The van der Waals surface area contributed by atoms with E-state index in [4.69, 9.17) is 4.74 Å². The maximum absolute atomic E-state index is 13.6. The zero-order chi connectivity index (χ0) is 16.6. The molecule has 3 rings (SSSR count). The number of pyridine rings is 1. The summed E-state index contributed by atoms with van der Waals surface area (Å²) < 4.78 is 71.7. The van der Waals surface area contributed by atoms with E-state index in [1.807, 2.05) is 0 Å². The zero-order valence-corrected chi connectivity index (χ0v) is 11.4. The average molecular weight is 325 g/mol. The van der Waals surface area contributed by atoms with Gasteiger partial charge in [-0.1, -0.05) is 18.2 Å². The highest BCUT2D eigenvalue weighted by Crippen LogP contribution is 2.27. The maximum Gasteiger partial charge on any atom is 0.200 e. The quantitative estimate of drug-likeness (QED) is 0.402. The number of hydrogen-bond donors (Lipinski definition) is 0. The van der Waals surface area contributed by atoms with E-state index in [0.29, 0.717) is 10.9 Å². The van der Waals surface area contributed by atoms with Crippen LogP contribution in [0.2, 0.25) is 0 Å². The molecular weight excluding hydrogens is 317 g/mol. The van der Waals surface area contributed by atoms with Crippen molar-refractivity contribution in [1.82, 2.24) is 4.98 Å². The van der Waals surface area contributed by atoms with Gasteiger partial charge in [-0.3, -0.25) is 4.98 Å². The summed E-state index contributed by atoms with van der Waals surface area (Å²) >= 11 is 0. The minimum Gasteiger partial charge on any atom is -0.486 e. The van der Waals surface area contributed by atoms with Gasteiger partial charge in [-0.15, -0.1) is 0 Å². The van der Waals surface area contributed by atoms with Crippen molar-refractivity contribution in [3.05, 3.63) is 71.2 Å². The van der Waals surface area contributed by atoms with Gasteiger partial charge < -0.3 is 4.74 Å². The number of aromatic nitrogens is 1. The molecule has 1 heterocycles. The fourth-order valence-electron chi connectivity index (χ4n) is 2.12. The van der Waals surface area contributed by atoms with Crippen molar-refractivity contribution in [3.8, 4) is 5.75 Å². The first-order chi connectivity index (χ1) is 11.0. The summed E-state index contributed by atoms with van der Waals surface area (Å²) in [6.45, 7) is -0.818. The van der Waals surface area contributed by atoms with Gasteiger partial charge in [0.05, 0.1) is 5.56 Å². The van der Waals surface area contributed by atoms with Crippen LogP contribution in [0.1, 0.15) is 5.56 Å². The Morgan fingerprint density at radius 1 is 0.783 bits per heavy atom. The molecule has 1 aromatic heterocycles. The molecule has 3 aromatic rings. The monoisotopic (exact) mass is 325 g/mol. The van der Waals surface area contributed by atoms with Crippen LogP contribution >= 0.6 is 0 Å². The summed E-state index contributed by atoms with van der Waals surface area (Å²) in [5.41, 5.74) is -0.617. The number of rotatable bonds is 3. The molecule has 0 atom stereocenters. The topological polar surface area (TPSA) is 22.1 Å². The van der Waals surface area contributed by atoms with Gasteiger partial charge in [-0.25, -0.2) is 22.0 Å². The van der Waals surface area contributed by atoms with Gasteiger partial charge in [0, 0.05) is 11.6 Å². The van der Waals surface area contributed by atoms with E-state index in [-0.39, 0.29) is 5.75 Å². The van der Waals surface area contributed by atoms with E-state index in [1.54, 1.807) is 24.3 Å². The summed E-state index contributed by atoms with van der Waals surface area (Å²) in [4.78, 5) is 4.07. The molecule has 0 radical (unpaired) electrons. The molecule has 0 N–H and O–H groups in total. The molecule has 0 fully saturated rings. The third-order valence-electron chi connectivity index (χ3n) is 3.27. The first-order valence-electron chi connectivity index (χ1n) is 6.47. The van der Waals surface area contributed by atoms with E-state index in [1.165, 1.54) is 12.3 Å². The Balaban J connectivity index is 1.98. The minimum atomic E-state index is -2.20. The van der Waals surface area contributed by atoms with Crippen molar-refractivity contribution in [2.75, 3.05) is 0 Å². The van der Waals surface area contributed by atoms with Crippen molar-refractivity contribution in [2.24, 2.45) is 0 Å². The molecule has 0 amide bonds. The van der Waals surface area contributed by atoms with Gasteiger partial charge in [0.15, 0.2) is 23.3 Å². The highest BCUT2D eigenvalue weighted by Gasteiger charge is 2.26. The third-order valence-corrected chi connectivity index (χ3v) is 3.27. The van der Waals surface area contributed by atoms with Crippen LogP contribution in [-0.2, 0) is 6.61 Å². The molecule has 23 heavy (non-hydrogen) atoms. The molecule has 0 aliphatic rings. The molecule has 0 aliphatic carbocycles. The molecule has 0 spiro atoms. The van der Waals surface area contributed by atoms with Crippen LogP contribution in [-0.4, -0.2) is 4.98 Å². The van der Waals surface area contributed by atoms with E-state index in [9.17, 15) is 22.0 Å². The smallest absolute Gasteiger partial charge is 0.200 e. The third kappa shape index (κ3) is 2.58. The Bertz CT molecular complexity index is 863. The number of hydrogen-bond acceptors (Lipinski definition) is 2. The van der Waals surface area contributed by atoms with Crippen molar-refractivity contribution in [1.29, 1.82) is 0 Å². The van der Waals surface area contributed by atoms with E-state index in [2.05, 4.69) is 4.98 Å². The maximum atomic E-state index is 13.6. The highest BCUT2D eigenvalue weighted by molar-refractivity contribution is 5.84. The summed E-state index contributed by atoms with van der Waals surface area (Å²) in [7, 11) is 0. The SMILES string of the molecule is Fc1c(F)c(F)c(COc2cccc3cccnc23)c(F)c1F. The Hall–Kier alpha value is -2.70. The van der Waals surface area contributed by atoms with Gasteiger partial charge in [0.25, 0.3) is 0 Å². The molecule has 0 unspecified atom stereocenters. The Morgan fingerprint density at radius 2 is 1.39 bits per heavy atom. The number of para-hydroxylation sites is 1. The van der Waals surface area contributed by atoms with Crippen molar-refractivity contribution < 1.29 is 26.7 Å². The Morgan fingerprint density at radius 3 is 2.09 bits per heavy atom. The molecule has 0 saturated carbocycles. The summed E-state index contributed by atoms with van der Waals surface area (Å²) in [6, 6.07) is 8.29. The van der Waals surface area contributed by atoms with Crippen molar-refractivity contribution >= 4 is 10.9 Å². The van der Waals surface area contributed by atoms with Crippen LogP contribution in [0.4, 0.5) is 22.0 Å². The van der Waals surface area contributed by atoms with Gasteiger partial charge in [0.2, 0.25) is 5.82 Å². The second kappa shape index (κ2) is 5.83. The van der Waals surface area contributed by atoms with Crippen LogP contribution in [0, 0.1) is 29.1 Å². The molecule has 7 heteroatoms. The zero-order valence-electron chi connectivity index (χ0n) is 11.4. The van der Waals surface area contributed by atoms with Gasteiger partial charge in [-0.2, -0.15) is 0 Å². The lowest BCUT2D eigenvalue weighted by Gasteiger charge is -2.11. The molecule has 2 nitrogen and oxygen atoms in total. The second-order valence-electron chi connectivity index (χ2n) is 4.67. The molecule has 0 saturated heterocycles. The van der Waals surface area contributed by atoms with Crippen LogP contribution in [0.3, 0.4) is 0 Å². The van der Waals surface area contributed by atoms with Gasteiger partial charge >= 0.3 is 0 Å². The fraction of sp³-hybridized carbons (Fsp3) is 0.0625. The number of ether oxygens (including phenoxy) is 1. The predicted octanol–water partition coefficient (Wildman–Crippen LogP) is 4.51. The number of halogens is 5. The fourth-order valence-corrected chi connectivity index (χ4v) is 2.12. The number of fused-ring (bicyclic) bond motifs is 1. The summed E-state index contributed by atoms with van der Waals surface area (Å²) in [5, 5.41) is 0.711. The van der Waals surface area contributed by atoms with Crippen LogP contribution in [0.5, 0.6) is 5.75 Å². The standard InChI is InChI=1S/C16H8F5NO/c17-11-9(12(18)14(20)15(21)13(11)19)7-23-10-5-1-3-8-4-2-6-22-16(8)10/h1-6H,7H2. The summed E-state index contributed by atoms with van der Waals surface area (Å²) in [5.74, 6) is -9.84. The average Bonchev–Trinajstić information content (AvgIpc) is 2.58. The van der Waals surface area contributed by atoms with Crippen LogP contribution in [0.25, 0.3) is 10.9 Å². The van der Waals surface area contributed by atoms with E-state index in [0.717, 1.165) is 0 Å². The van der Waals surface area contributed by atoms with Gasteiger partial charge in [0.1, 0.15) is 17.9 Å². The normalized spacial score (nSPS) is 11.0. The lowest BCUT2D eigenvalue weighted by atomic mass is 10.1. The van der Waals surface area contributed by atoms with Crippen LogP contribution in [0.15, 0.2) is 36.5 Å². The van der Waals surface area contributed by atoms with Crippen molar-refractivity contribution in [2.45, 2.75) is 6.61 Å². The van der Waals surface area contributed by atoms with Gasteiger partial charge in [-0.05, 0) is 12.1 Å². The second-order valence-corrected chi connectivity index (χ2v) is 4.67. The molecule has 118 valence electrons. The lowest BCUT2D eigenvalue weighted by molar-refractivity contribution is 0.281. The van der Waals surface area contributed by atoms with E-state index < -0.39 is 41.3 Å². The number of nitrogens with zero attached hydrogens (tertiary/aromatic N) is 1. The first kappa shape index (κ1) is 15.2. The lowest BCUT2D eigenvalue weighted by Crippen LogP contribution is -2.10. The molecule has 0 aliphatic heterocycles. The van der Waals surface area contributed by atoms with Crippen molar-refractivity contribution in [3.63, 3.8) is 0 Å². The summed E-state index contributed by atoms with van der Waals surface area (Å²) in [6.07, 6.45) is 1.49. The van der Waals surface area contributed by atoms with E-state index >= 15 is 0 Å². The van der Waals surface area contributed by atoms with Crippen LogP contribution < -0.4 is 4.74 Å². The Kier molecular flexibility index (Phi) is 3.85. The molecule has 2 aromatic carbocycles. The molecular formula is C16H8F5NO.